The number of nitrogens with zero attached hydrogens (tertiary/aromatic N) is 3. The van der Waals surface area contributed by atoms with E-state index in [0.717, 1.165) is 12.0 Å². The fourth-order valence-corrected chi connectivity index (χ4v) is 2.18. The van der Waals surface area contributed by atoms with Crippen LogP contribution in [0.25, 0.3) is 0 Å². The zero-order valence-electron chi connectivity index (χ0n) is 12.2. The summed E-state index contributed by atoms with van der Waals surface area (Å²) in [5, 5.41) is 4.12. The Balaban J connectivity index is 1.92. The maximum atomic E-state index is 12.4. The van der Waals surface area contributed by atoms with Gasteiger partial charge in [0.15, 0.2) is 0 Å². The molecule has 2 rings (SSSR count). The first-order valence-electron chi connectivity index (χ1n) is 7.29. The van der Waals surface area contributed by atoms with Crippen molar-refractivity contribution in [1.82, 2.24) is 14.7 Å². The zero-order chi connectivity index (χ0) is 14.9. The van der Waals surface area contributed by atoms with Crippen molar-refractivity contribution in [2.24, 2.45) is 5.73 Å². The van der Waals surface area contributed by atoms with Gasteiger partial charge in [-0.1, -0.05) is 30.3 Å². The first-order chi connectivity index (χ1) is 10.3. The Bertz CT molecular complexity index is 524. The minimum Gasteiger partial charge on any atom is -0.338 e. The Hall–Kier alpha value is -2.14. The minimum atomic E-state index is 0.141. The number of nitrogens with two attached hydrogens (primary N) is 1. The average Bonchev–Trinajstić information content (AvgIpc) is 3.03. The van der Waals surface area contributed by atoms with Crippen molar-refractivity contribution in [1.29, 1.82) is 0 Å². The second-order valence-electron chi connectivity index (χ2n) is 4.96. The number of carbonyl (C=O) groups excluding carboxylic acids is 1. The van der Waals surface area contributed by atoms with Gasteiger partial charge in [-0.25, -0.2) is 0 Å². The van der Waals surface area contributed by atoms with Crippen LogP contribution in [0.15, 0.2) is 48.8 Å². The largest absolute Gasteiger partial charge is 0.338 e. The summed E-state index contributed by atoms with van der Waals surface area (Å²) in [6, 6.07) is 11.9. The number of hydrogen-bond donors (Lipinski definition) is 1. The summed E-state index contributed by atoms with van der Waals surface area (Å²) >= 11 is 0. The molecule has 2 aromatic rings. The number of rotatable bonds is 8. The third kappa shape index (κ3) is 5.04. The maximum absolute atomic E-state index is 12.4. The molecule has 2 N–H and O–H groups in total. The van der Waals surface area contributed by atoms with Crippen molar-refractivity contribution in [3.05, 3.63) is 54.4 Å². The van der Waals surface area contributed by atoms with E-state index in [0.29, 0.717) is 32.6 Å². The molecule has 0 radical (unpaired) electrons. The molecule has 1 heterocycles. The van der Waals surface area contributed by atoms with Crippen LogP contribution in [0.4, 0.5) is 0 Å². The Kier molecular flexibility index (Phi) is 5.97. The lowest BCUT2D eigenvalue weighted by Gasteiger charge is -2.22. The molecule has 0 saturated heterocycles. The van der Waals surface area contributed by atoms with Gasteiger partial charge in [0.05, 0.1) is 0 Å². The molecule has 21 heavy (non-hydrogen) atoms. The van der Waals surface area contributed by atoms with Crippen LogP contribution < -0.4 is 5.73 Å². The Labute approximate surface area is 125 Å². The highest BCUT2D eigenvalue weighted by atomic mass is 16.2. The molecule has 1 aromatic carbocycles. The molecule has 0 unspecified atom stereocenters. The SMILES string of the molecule is NCCCN(Cc1ccccc1)C(=O)CCn1cccn1. The van der Waals surface area contributed by atoms with Crippen molar-refractivity contribution in [3.63, 3.8) is 0 Å². The van der Waals surface area contributed by atoms with E-state index >= 15 is 0 Å². The Morgan fingerprint density at radius 1 is 1.24 bits per heavy atom. The second kappa shape index (κ2) is 8.21. The van der Waals surface area contributed by atoms with Crippen LogP contribution in [-0.2, 0) is 17.9 Å². The molecule has 112 valence electrons. The van der Waals surface area contributed by atoms with Crippen LogP contribution >= 0.6 is 0 Å². The summed E-state index contributed by atoms with van der Waals surface area (Å²) in [5.74, 6) is 0.141. The van der Waals surface area contributed by atoms with Gasteiger partial charge in [-0.3, -0.25) is 9.48 Å². The average molecular weight is 286 g/mol. The van der Waals surface area contributed by atoms with E-state index in [2.05, 4.69) is 5.10 Å². The van der Waals surface area contributed by atoms with Crippen LogP contribution in [0.5, 0.6) is 0 Å². The van der Waals surface area contributed by atoms with Gasteiger partial charge in [0.1, 0.15) is 0 Å². The quantitative estimate of drug-likeness (QED) is 0.802. The minimum absolute atomic E-state index is 0.141. The molecule has 0 aliphatic rings. The van der Waals surface area contributed by atoms with Crippen molar-refractivity contribution >= 4 is 5.91 Å². The van der Waals surface area contributed by atoms with Gasteiger partial charge in [0.2, 0.25) is 5.91 Å². The Morgan fingerprint density at radius 3 is 2.71 bits per heavy atom. The van der Waals surface area contributed by atoms with Crippen LogP contribution in [0.1, 0.15) is 18.4 Å². The van der Waals surface area contributed by atoms with Crippen LogP contribution in [0.2, 0.25) is 0 Å². The topological polar surface area (TPSA) is 64.2 Å². The van der Waals surface area contributed by atoms with E-state index in [4.69, 9.17) is 5.73 Å². The molecular formula is C16H22N4O. The molecule has 5 nitrogen and oxygen atoms in total. The normalized spacial score (nSPS) is 10.5. The number of hydrogen-bond acceptors (Lipinski definition) is 3. The fourth-order valence-electron chi connectivity index (χ4n) is 2.18. The predicted molar refractivity (Wildman–Crippen MR) is 82.4 cm³/mol. The summed E-state index contributed by atoms with van der Waals surface area (Å²) in [7, 11) is 0. The van der Waals surface area contributed by atoms with E-state index in [1.807, 2.05) is 47.5 Å². The van der Waals surface area contributed by atoms with Gasteiger partial charge in [-0.2, -0.15) is 5.10 Å². The van der Waals surface area contributed by atoms with E-state index < -0.39 is 0 Å². The van der Waals surface area contributed by atoms with Crippen LogP contribution in [0.3, 0.4) is 0 Å². The highest BCUT2D eigenvalue weighted by Crippen LogP contribution is 2.07. The summed E-state index contributed by atoms with van der Waals surface area (Å²) in [4.78, 5) is 14.3. The number of carbonyl (C=O) groups is 1. The lowest BCUT2D eigenvalue weighted by molar-refractivity contribution is -0.132. The van der Waals surface area contributed by atoms with Crippen molar-refractivity contribution in [2.75, 3.05) is 13.1 Å². The van der Waals surface area contributed by atoms with E-state index in [1.165, 1.54) is 0 Å². The molecule has 0 aliphatic carbocycles. The lowest BCUT2D eigenvalue weighted by Crippen LogP contribution is -2.33. The molecular weight excluding hydrogens is 264 g/mol. The summed E-state index contributed by atoms with van der Waals surface area (Å²) in [6.07, 6.45) is 4.87. The number of amides is 1. The Morgan fingerprint density at radius 2 is 2.05 bits per heavy atom. The van der Waals surface area contributed by atoms with Crippen molar-refractivity contribution < 1.29 is 4.79 Å². The lowest BCUT2D eigenvalue weighted by atomic mass is 10.2. The van der Waals surface area contributed by atoms with Gasteiger partial charge in [-0.05, 0) is 24.6 Å². The maximum Gasteiger partial charge on any atom is 0.224 e. The molecule has 0 bridgehead atoms. The van der Waals surface area contributed by atoms with Gasteiger partial charge >= 0.3 is 0 Å². The molecule has 0 aliphatic heterocycles. The standard InChI is InChI=1S/C16H22N4O/c17-9-4-11-19(14-15-6-2-1-3-7-15)16(21)8-13-20-12-5-10-18-20/h1-3,5-7,10,12H,4,8-9,11,13-14,17H2. The second-order valence-corrected chi connectivity index (χ2v) is 4.96. The van der Waals surface area contributed by atoms with E-state index in [1.54, 1.807) is 10.9 Å². The molecule has 0 atom stereocenters. The van der Waals surface area contributed by atoms with Crippen molar-refractivity contribution in [3.8, 4) is 0 Å². The molecule has 1 aromatic heterocycles. The number of benzene rings is 1. The van der Waals surface area contributed by atoms with Gasteiger partial charge < -0.3 is 10.6 Å². The third-order valence-corrected chi connectivity index (χ3v) is 3.32. The highest BCUT2D eigenvalue weighted by molar-refractivity contribution is 5.76. The van der Waals surface area contributed by atoms with E-state index in [-0.39, 0.29) is 5.91 Å². The molecule has 0 saturated carbocycles. The van der Waals surface area contributed by atoms with Gasteiger partial charge in [0, 0.05) is 38.4 Å². The van der Waals surface area contributed by atoms with Crippen LogP contribution in [0, 0.1) is 0 Å². The zero-order valence-corrected chi connectivity index (χ0v) is 12.2. The first kappa shape index (κ1) is 15.3. The van der Waals surface area contributed by atoms with Crippen LogP contribution in [-0.4, -0.2) is 33.7 Å². The number of aryl methyl sites for hydroxylation is 1. The fraction of sp³-hybridized carbons (Fsp3) is 0.375. The number of aromatic nitrogens is 2. The smallest absolute Gasteiger partial charge is 0.224 e. The molecule has 0 spiro atoms. The van der Waals surface area contributed by atoms with Gasteiger partial charge in [-0.15, -0.1) is 0 Å². The summed E-state index contributed by atoms with van der Waals surface area (Å²) < 4.78 is 1.78. The van der Waals surface area contributed by atoms with Crippen molar-refractivity contribution in [2.45, 2.75) is 25.9 Å². The highest BCUT2D eigenvalue weighted by Gasteiger charge is 2.13. The summed E-state index contributed by atoms with van der Waals surface area (Å²) in [5.41, 5.74) is 6.71. The molecule has 1 amide bonds. The van der Waals surface area contributed by atoms with Gasteiger partial charge in [0.25, 0.3) is 0 Å². The van der Waals surface area contributed by atoms with E-state index in [9.17, 15) is 4.79 Å². The monoisotopic (exact) mass is 286 g/mol. The predicted octanol–water partition coefficient (Wildman–Crippen LogP) is 1.65. The third-order valence-electron chi connectivity index (χ3n) is 3.32. The first-order valence-corrected chi connectivity index (χ1v) is 7.29. The molecule has 0 fully saturated rings. The summed E-state index contributed by atoms with van der Waals surface area (Å²) in [6.45, 7) is 2.54. The molecule has 5 heteroatoms.